The zero-order valence-corrected chi connectivity index (χ0v) is 14.6. The molecule has 0 unspecified atom stereocenters. The Labute approximate surface area is 155 Å². The highest BCUT2D eigenvalue weighted by Crippen LogP contribution is 2.26. The molecule has 27 heavy (non-hydrogen) atoms. The Morgan fingerprint density at radius 3 is 2.00 bits per heavy atom. The van der Waals surface area contributed by atoms with Crippen LogP contribution in [0.25, 0.3) is 0 Å². The van der Waals surface area contributed by atoms with Crippen molar-refractivity contribution in [3.8, 4) is 5.75 Å². The highest BCUT2D eigenvalue weighted by molar-refractivity contribution is 7.87. The van der Waals surface area contributed by atoms with Gasteiger partial charge in [0.2, 0.25) is 0 Å². The van der Waals surface area contributed by atoms with E-state index < -0.39 is 25.6 Å². The van der Waals surface area contributed by atoms with Gasteiger partial charge in [-0.2, -0.15) is 8.42 Å². The molecule has 0 saturated carbocycles. The summed E-state index contributed by atoms with van der Waals surface area (Å²) < 4.78 is 29.7. The average Bonchev–Trinajstić information content (AvgIpc) is 2.68. The minimum Gasteiger partial charge on any atom is -0.379 e. The summed E-state index contributed by atoms with van der Waals surface area (Å²) in [7, 11) is -4.40. The molecule has 0 aliphatic rings. The third-order valence-electron chi connectivity index (χ3n) is 3.69. The van der Waals surface area contributed by atoms with E-state index in [1.165, 1.54) is 36.4 Å². The van der Waals surface area contributed by atoms with Crippen LogP contribution in [0.5, 0.6) is 5.75 Å². The van der Waals surface area contributed by atoms with E-state index in [1.54, 1.807) is 30.3 Å². The predicted molar refractivity (Wildman–Crippen MR) is 97.2 cm³/mol. The first-order chi connectivity index (χ1) is 12.9. The molecular weight excluding hydrogens is 370 g/mol. The maximum atomic E-state index is 12.4. The number of para-hydroxylation sites is 1. The number of hydrogen-bond acceptors (Lipinski definition) is 6. The number of nitro benzene ring substituents is 1. The van der Waals surface area contributed by atoms with Gasteiger partial charge in [-0.3, -0.25) is 14.9 Å². The maximum Gasteiger partial charge on any atom is 0.346 e. The Hall–Kier alpha value is -3.52. The third-order valence-corrected chi connectivity index (χ3v) is 4.99. The van der Waals surface area contributed by atoms with E-state index in [4.69, 9.17) is 4.18 Å². The highest BCUT2D eigenvalue weighted by atomic mass is 32.2. The van der Waals surface area contributed by atoms with Crippen molar-refractivity contribution in [1.82, 2.24) is 0 Å². The van der Waals surface area contributed by atoms with Crippen molar-refractivity contribution in [2.75, 3.05) is 0 Å². The molecule has 0 aromatic heterocycles. The molecule has 0 N–H and O–H groups in total. The molecule has 0 fully saturated rings. The van der Waals surface area contributed by atoms with E-state index >= 15 is 0 Å². The number of benzene rings is 3. The van der Waals surface area contributed by atoms with Gasteiger partial charge in [0.15, 0.2) is 10.7 Å². The van der Waals surface area contributed by atoms with Gasteiger partial charge in [0.1, 0.15) is 5.75 Å². The quantitative estimate of drug-likeness (QED) is 0.279. The van der Waals surface area contributed by atoms with Crippen molar-refractivity contribution in [3.05, 3.63) is 100 Å². The number of hydrogen-bond donors (Lipinski definition) is 0. The lowest BCUT2D eigenvalue weighted by atomic mass is 10.0. The van der Waals surface area contributed by atoms with Crippen LogP contribution in [-0.4, -0.2) is 19.1 Å². The van der Waals surface area contributed by atoms with Crippen LogP contribution in [0.1, 0.15) is 15.9 Å². The first-order valence-electron chi connectivity index (χ1n) is 7.76. The standard InChI is InChI=1S/C19H13NO6S/c21-19(14-6-2-1-3-7-14)15-10-12-16(13-11-15)26-27(24,25)18-9-5-4-8-17(18)20(22)23/h1-13H. The zero-order chi connectivity index (χ0) is 19.4. The van der Waals surface area contributed by atoms with E-state index in [0.29, 0.717) is 11.1 Å². The van der Waals surface area contributed by atoms with Gasteiger partial charge in [0.05, 0.1) is 4.92 Å². The van der Waals surface area contributed by atoms with Crippen molar-refractivity contribution in [3.63, 3.8) is 0 Å². The predicted octanol–water partition coefficient (Wildman–Crippen LogP) is 3.59. The van der Waals surface area contributed by atoms with Gasteiger partial charge in [-0.05, 0) is 30.3 Å². The third kappa shape index (κ3) is 4.01. The molecule has 3 rings (SSSR count). The number of carbonyl (C=O) groups excluding carboxylic acids is 1. The summed E-state index contributed by atoms with van der Waals surface area (Å²) in [6.45, 7) is 0. The zero-order valence-electron chi connectivity index (χ0n) is 13.8. The van der Waals surface area contributed by atoms with Gasteiger partial charge in [0.25, 0.3) is 5.69 Å². The number of rotatable bonds is 6. The molecule has 0 spiro atoms. The van der Waals surface area contributed by atoms with Crippen molar-refractivity contribution < 1.29 is 22.3 Å². The Morgan fingerprint density at radius 2 is 1.37 bits per heavy atom. The van der Waals surface area contributed by atoms with E-state index in [2.05, 4.69) is 0 Å². The number of ketones is 1. The molecule has 7 nitrogen and oxygen atoms in total. The number of carbonyl (C=O) groups is 1. The van der Waals surface area contributed by atoms with Gasteiger partial charge >= 0.3 is 10.1 Å². The lowest BCUT2D eigenvalue weighted by Crippen LogP contribution is -2.12. The molecule has 3 aromatic carbocycles. The Kier molecular flexibility index (Phi) is 5.00. The van der Waals surface area contributed by atoms with Gasteiger partial charge < -0.3 is 4.18 Å². The SMILES string of the molecule is O=C(c1ccccc1)c1ccc(OS(=O)(=O)c2ccccc2[N+](=O)[O-])cc1. The molecule has 0 heterocycles. The molecule has 136 valence electrons. The van der Waals surface area contributed by atoms with Crippen molar-refractivity contribution in [2.24, 2.45) is 0 Å². The van der Waals surface area contributed by atoms with Crippen LogP contribution in [0, 0.1) is 10.1 Å². The Bertz CT molecular complexity index is 1090. The van der Waals surface area contributed by atoms with Crippen molar-refractivity contribution in [1.29, 1.82) is 0 Å². The summed E-state index contributed by atoms with van der Waals surface area (Å²) in [5.41, 5.74) is 0.281. The summed E-state index contributed by atoms with van der Waals surface area (Å²) in [5, 5.41) is 11.0. The minimum absolute atomic E-state index is 0.0576. The molecule has 0 radical (unpaired) electrons. The van der Waals surface area contributed by atoms with Crippen molar-refractivity contribution in [2.45, 2.75) is 4.90 Å². The first-order valence-corrected chi connectivity index (χ1v) is 9.17. The summed E-state index contributed by atoms with van der Waals surface area (Å²) in [6, 6.07) is 19.0. The van der Waals surface area contributed by atoms with E-state index in [1.807, 2.05) is 0 Å². The summed E-state index contributed by atoms with van der Waals surface area (Å²) in [4.78, 5) is 22.0. The molecule has 3 aromatic rings. The van der Waals surface area contributed by atoms with Gasteiger partial charge in [0, 0.05) is 17.2 Å². The van der Waals surface area contributed by atoms with Crippen LogP contribution in [-0.2, 0) is 10.1 Å². The molecule has 0 amide bonds. The van der Waals surface area contributed by atoms with Gasteiger partial charge in [-0.15, -0.1) is 0 Å². The molecule has 0 atom stereocenters. The van der Waals surface area contributed by atoms with Crippen LogP contribution in [0.2, 0.25) is 0 Å². The highest BCUT2D eigenvalue weighted by Gasteiger charge is 2.27. The van der Waals surface area contributed by atoms with Crippen LogP contribution >= 0.6 is 0 Å². The topological polar surface area (TPSA) is 104 Å². The Balaban J connectivity index is 1.85. The summed E-state index contributed by atoms with van der Waals surface area (Å²) >= 11 is 0. The monoisotopic (exact) mass is 383 g/mol. The molecule has 0 aliphatic carbocycles. The lowest BCUT2D eigenvalue weighted by Gasteiger charge is -2.08. The van der Waals surface area contributed by atoms with Crippen LogP contribution in [0.4, 0.5) is 5.69 Å². The fraction of sp³-hybridized carbons (Fsp3) is 0. The van der Waals surface area contributed by atoms with Crippen molar-refractivity contribution >= 4 is 21.6 Å². The van der Waals surface area contributed by atoms with Crippen LogP contribution in [0.3, 0.4) is 0 Å². The molecule has 0 bridgehead atoms. The first kappa shape index (κ1) is 18.3. The molecular formula is C19H13NO6S. The minimum atomic E-state index is -4.40. The molecule has 0 aliphatic heterocycles. The van der Waals surface area contributed by atoms with Gasteiger partial charge in [-0.1, -0.05) is 42.5 Å². The summed E-state index contributed by atoms with van der Waals surface area (Å²) in [5.74, 6) is -0.276. The second-order valence-electron chi connectivity index (χ2n) is 5.48. The van der Waals surface area contributed by atoms with Gasteiger partial charge in [-0.25, -0.2) is 0 Å². The van der Waals surface area contributed by atoms with E-state index in [-0.39, 0.29) is 11.5 Å². The van der Waals surface area contributed by atoms with E-state index in [0.717, 1.165) is 12.1 Å². The smallest absolute Gasteiger partial charge is 0.346 e. The second kappa shape index (κ2) is 7.38. The largest absolute Gasteiger partial charge is 0.379 e. The van der Waals surface area contributed by atoms with E-state index in [9.17, 15) is 23.3 Å². The lowest BCUT2D eigenvalue weighted by molar-refractivity contribution is -0.387. The number of nitrogens with zero attached hydrogens (tertiary/aromatic N) is 1. The number of nitro groups is 1. The van der Waals surface area contributed by atoms with Crippen LogP contribution in [0.15, 0.2) is 83.8 Å². The average molecular weight is 383 g/mol. The summed E-state index contributed by atoms with van der Waals surface area (Å²) in [6.07, 6.45) is 0. The fourth-order valence-corrected chi connectivity index (χ4v) is 3.51. The maximum absolute atomic E-state index is 12.4. The molecule has 8 heteroatoms. The van der Waals surface area contributed by atoms with Crippen LogP contribution < -0.4 is 4.18 Å². The Morgan fingerprint density at radius 1 is 0.815 bits per heavy atom. The second-order valence-corrected chi connectivity index (χ2v) is 7.00. The molecule has 0 saturated heterocycles. The fourth-order valence-electron chi connectivity index (χ4n) is 2.41. The normalized spacial score (nSPS) is 11.0.